The Labute approximate surface area is 98.0 Å². The molecule has 4 heteroatoms. The normalized spacial score (nSPS) is 21.1. The lowest BCUT2D eigenvalue weighted by Gasteiger charge is -2.32. The Kier molecular flexibility index (Phi) is 5.77. The molecule has 0 saturated carbocycles. The molecule has 1 fully saturated rings. The van der Waals surface area contributed by atoms with Crippen LogP contribution in [0.15, 0.2) is 0 Å². The Morgan fingerprint density at radius 1 is 1.56 bits per heavy atom. The van der Waals surface area contributed by atoms with E-state index in [-0.39, 0.29) is 24.5 Å². The molecule has 1 heterocycles. The Bertz CT molecular complexity index is 213. The predicted molar refractivity (Wildman–Crippen MR) is 64.1 cm³/mol. The number of nitrogens with zero attached hydrogens (tertiary/aromatic N) is 1. The van der Waals surface area contributed by atoms with Gasteiger partial charge in [0.25, 0.3) is 0 Å². The highest BCUT2D eigenvalue weighted by atomic mass is 16.3. The molecule has 1 aliphatic heterocycles. The van der Waals surface area contributed by atoms with E-state index < -0.39 is 0 Å². The molecule has 1 amide bonds. The molecule has 0 aliphatic carbocycles. The number of carbonyl (C=O) groups is 1. The topological polar surface area (TPSA) is 52.6 Å². The number of hydrogen-bond acceptors (Lipinski definition) is 3. The summed E-state index contributed by atoms with van der Waals surface area (Å²) in [5.74, 6) is 0.380. The minimum atomic E-state index is 0.134. The molecular formula is C12H24N2O2. The van der Waals surface area contributed by atoms with Crippen molar-refractivity contribution >= 4 is 5.91 Å². The molecule has 0 radical (unpaired) electrons. The molecule has 2 N–H and O–H groups in total. The maximum atomic E-state index is 12.2. The van der Waals surface area contributed by atoms with E-state index in [0.717, 1.165) is 25.9 Å². The van der Waals surface area contributed by atoms with E-state index in [9.17, 15) is 4.79 Å². The summed E-state index contributed by atoms with van der Waals surface area (Å²) in [6.07, 6.45) is 2.75. The summed E-state index contributed by atoms with van der Waals surface area (Å²) in [4.78, 5) is 14.1. The molecule has 0 bridgehead atoms. The van der Waals surface area contributed by atoms with Gasteiger partial charge in [0.05, 0.1) is 5.92 Å². The van der Waals surface area contributed by atoms with E-state index in [1.807, 2.05) is 18.7 Å². The molecule has 1 aliphatic rings. The lowest BCUT2D eigenvalue weighted by atomic mass is 9.97. The number of piperidine rings is 1. The maximum Gasteiger partial charge on any atom is 0.227 e. The van der Waals surface area contributed by atoms with Crippen LogP contribution in [-0.2, 0) is 4.79 Å². The summed E-state index contributed by atoms with van der Waals surface area (Å²) >= 11 is 0. The predicted octanol–water partition coefficient (Wildman–Crippen LogP) is 0.605. The van der Waals surface area contributed by atoms with Gasteiger partial charge in [-0.15, -0.1) is 0 Å². The Balaban J connectivity index is 2.51. The number of aliphatic hydroxyl groups is 1. The third-order valence-corrected chi connectivity index (χ3v) is 3.11. The van der Waals surface area contributed by atoms with Gasteiger partial charge in [-0.05, 0) is 39.7 Å². The quantitative estimate of drug-likeness (QED) is 0.725. The minimum Gasteiger partial charge on any atom is -0.396 e. The molecule has 1 saturated heterocycles. The Morgan fingerprint density at radius 2 is 2.31 bits per heavy atom. The molecule has 94 valence electrons. The maximum absolute atomic E-state index is 12.2. The first kappa shape index (κ1) is 13.5. The summed E-state index contributed by atoms with van der Waals surface area (Å²) in [6, 6.07) is 0.223. The fourth-order valence-corrected chi connectivity index (χ4v) is 2.16. The van der Waals surface area contributed by atoms with Gasteiger partial charge in [-0.25, -0.2) is 0 Å². The van der Waals surface area contributed by atoms with Gasteiger partial charge >= 0.3 is 0 Å². The molecule has 1 rings (SSSR count). The van der Waals surface area contributed by atoms with Crippen LogP contribution >= 0.6 is 0 Å². The number of nitrogens with one attached hydrogen (secondary N) is 1. The standard InChI is InChI=1S/C12H24N2O2/c1-10(2)14(7-4-8-15)12(16)11-5-3-6-13-9-11/h10-11,13,15H,3-9H2,1-2H3/t11-/m1/s1. The monoisotopic (exact) mass is 228 g/mol. The van der Waals surface area contributed by atoms with E-state index in [2.05, 4.69) is 5.32 Å². The van der Waals surface area contributed by atoms with Crippen molar-refractivity contribution in [1.82, 2.24) is 10.2 Å². The van der Waals surface area contributed by atoms with Crippen LogP contribution in [0.5, 0.6) is 0 Å². The van der Waals surface area contributed by atoms with Crippen molar-refractivity contribution in [2.24, 2.45) is 5.92 Å². The van der Waals surface area contributed by atoms with Gasteiger partial charge in [-0.1, -0.05) is 0 Å². The molecule has 0 aromatic rings. The van der Waals surface area contributed by atoms with Gasteiger partial charge in [0.2, 0.25) is 5.91 Å². The van der Waals surface area contributed by atoms with Crippen LogP contribution in [0.4, 0.5) is 0 Å². The highest BCUT2D eigenvalue weighted by Gasteiger charge is 2.26. The van der Waals surface area contributed by atoms with Crippen LogP contribution in [0, 0.1) is 5.92 Å². The van der Waals surface area contributed by atoms with Gasteiger partial charge < -0.3 is 15.3 Å². The zero-order chi connectivity index (χ0) is 12.0. The number of hydrogen-bond donors (Lipinski definition) is 2. The van der Waals surface area contributed by atoms with Gasteiger partial charge in [-0.3, -0.25) is 4.79 Å². The number of carbonyl (C=O) groups excluding carboxylic acids is 1. The second kappa shape index (κ2) is 6.86. The molecule has 16 heavy (non-hydrogen) atoms. The van der Waals surface area contributed by atoms with Crippen LogP contribution in [0.25, 0.3) is 0 Å². The number of amides is 1. The summed E-state index contributed by atoms with van der Waals surface area (Å²) in [5.41, 5.74) is 0. The molecule has 0 aromatic heterocycles. The Hall–Kier alpha value is -0.610. The molecule has 0 spiro atoms. The van der Waals surface area contributed by atoms with E-state index in [4.69, 9.17) is 5.11 Å². The average Bonchev–Trinajstić information content (AvgIpc) is 2.30. The van der Waals surface area contributed by atoms with Crippen molar-refractivity contribution in [3.05, 3.63) is 0 Å². The van der Waals surface area contributed by atoms with Crippen molar-refractivity contribution in [2.75, 3.05) is 26.2 Å². The third kappa shape index (κ3) is 3.76. The summed E-state index contributed by atoms with van der Waals surface area (Å²) in [7, 11) is 0. The largest absolute Gasteiger partial charge is 0.396 e. The zero-order valence-corrected chi connectivity index (χ0v) is 10.4. The average molecular weight is 228 g/mol. The fraction of sp³-hybridized carbons (Fsp3) is 0.917. The van der Waals surface area contributed by atoms with Crippen molar-refractivity contribution < 1.29 is 9.90 Å². The first-order valence-corrected chi connectivity index (χ1v) is 6.29. The van der Waals surface area contributed by atoms with Crippen LogP contribution < -0.4 is 5.32 Å². The van der Waals surface area contributed by atoms with Crippen LogP contribution in [0.3, 0.4) is 0 Å². The van der Waals surface area contributed by atoms with Gasteiger partial charge in [-0.2, -0.15) is 0 Å². The van der Waals surface area contributed by atoms with Gasteiger partial charge in [0.1, 0.15) is 0 Å². The van der Waals surface area contributed by atoms with Crippen molar-refractivity contribution in [3.63, 3.8) is 0 Å². The molecular weight excluding hydrogens is 204 g/mol. The van der Waals surface area contributed by atoms with E-state index >= 15 is 0 Å². The number of rotatable bonds is 5. The third-order valence-electron chi connectivity index (χ3n) is 3.11. The van der Waals surface area contributed by atoms with Crippen molar-refractivity contribution in [1.29, 1.82) is 0 Å². The van der Waals surface area contributed by atoms with E-state index in [1.165, 1.54) is 0 Å². The van der Waals surface area contributed by atoms with Crippen LogP contribution in [0.1, 0.15) is 33.1 Å². The Morgan fingerprint density at radius 3 is 2.81 bits per heavy atom. The highest BCUT2D eigenvalue weighted by Crippen LogP contribution is 2.15. The number of aliphatic hydroxyl groups excluding tert-OH is 1. The van der Waals surface area contributed by atoms with Crippen LogP contribution in [0.2, 0.25) is 0 Å². The van der Waals surface area contributed by atoms with Gasteiger partial charge in [0, 0.05) is 25.7 Å². The van der Waals surface area contributed by atoms with E-state index in [0.29, 0.717) is 13.0 Å². The lowest BCUT2D eigenvalue weighted by Crippen LogP contribution is -2.46. The zero-order valence-electron chi connectivity index (χ0n) is 10.4. The molecule has 1 atom stereocenters. The minimum absolute atomic E-state index is 0.134. The van der Waals surface area contributed by atoms with Crippen molar-refractivity contribution in [3.8, 4) is 0 Å². The second-order valence-corrected chi connectivity index (χ2v) is 4.75. The van der Waals surface area contributed by atoms with Crippen molar-refractivity contribution in [2.45, 2.75) is 39.2 Å². The summed E-state index contributed by atoms with van der Waals surface area (Å²) in [5, 5.41) is 12.1. The van der Waals surface area contributed by atoms with E-state index in [1.54, 1.807) is 0 Å². The lowest BCUT2D eigenvalue weighted by molar-refractivity contribution is -0.138. The molecule has 4 nitrogen and oxygen atoms in total. The fourth-order valence-electron chi connectivity index (χ4n) is 2.16. The smallest absolute Gasteiger partial charge is 0.227 e. The first-order chi connectivity index (χ1) is 7.66. The van der Waals surface area contributed by atoms with Crippen LogP contribution in [-0.4, -0.2) is 48.2 Å². The molecule has 0 aromatic carbocycles. The summed E-state index contributed by atoms with van der Waals surface area (Å²) in [6.45, 7) is 6.73. The first-order valence-electron chi connectivity index (χ1n) is 6.29. The highest BCUT2D eigenvalue weighted by molar-refractivity contribution is 5.79. The SMILES string of the molecule is CC(C)N(CCCO)C(=O)[C@@H]1CCCNC1. The van der Waals surface area contributed by atoms with Gasteiger partial charge in [0.15, 0.2) is 0 Å². The molecule has 0 unspecified atom stereocenters. The summed E-state index contributed by atoms with van der Waals surface area (Å²) < 4.78 is 0. The second-order valence-electron chi connectivity index (χ2n) is 4.75.